The first kappa shape index (κ1) is 19.2. The summed E-state index contributed by atoms with van der Waals surface area (Å²) in [6.07, 6.45) is 5.36. The predicted molar refractivity (Wildman–Crippen MR) is 116 cm³/mol. The Bertz CT molecular complexity index is 1290. The van der Waals surface area contributed by atoms with Crippen LogP contribution >= 0.6 is 11.3 Å². The average Bonchev–Trinajstić information content (AvgIpc) is 3.20. The molecule has 0 saturated heterocycles. The van der Waals surface area contributed by atoms with Crippen LogP contribution < -0.4 is 10.1 Å². The fraction of sp³-hybridized carbons (Fsp3) is 0.174. The van der Waals surface area contributed by atoms with E-state index in [9.17, 15) is 9.18 Å². The van der Waals surface area contributed by atoms with Crippen molar-refractivity contribution in [3.63, 3.8) is 0 Å². The monoisotopic (exact) mass is 405 g/mol. The number of hydrogen-bond acceptors (Lipinski definition) is 4. The third kappa shape index (κ3) is 4.17. The minimum atomic E-state index is -0.282. The molecule has 4 nitrogen and oxygen atoms in total. The molecule has 4 rings (SSSR count). The van der Waals surface area contributed by atoms with Crippen LogP contribution in [-0.2, 0) is 5.41 Å². The summed E-state index contributed by atoms with van der Waals surface area (Å²) in [5.74, 6) is 0.161. The van der Waals surface area contributed by atoms with Gasteiger partial charge >= 0.3 is 0 Å². The highest BCUT2D eigenvalue weighted by Gasteiger charge is 2.13. The van der Waals surface area contributed by atoms with Crippen molar-refractivity contribution in [2.45, 2.75) is 26.2 Å². The van der Waals surface area contributed by atoms with Crippen LogP contribution in [0.1, 0.15) is 43.3 Å². The number of fused-ring (bicyclic) bond motifs is 1. The van der Waals surface area contributed by atoms with Gasteiger partial charge in [-0.15, -0.1) is 5.10 Å². The molecule has 0 unspecified atom stereocenters. The lowest BCUT2D eigenvalue weighted by Crippen LogP contribution is -2.23. The summed E-state index contributed by atoms with van der Waals surface area (Å²) in [5.41, 5.74) is 2.96. The third-order valence-electron chi connectivity index (χ3n) is 4.57. The Labute approximate surface area is 171 Å². The van der Waals surface area contributed by atoms with Crippen molar-refractivity contribution in [1.29, 1.82) is 0 Å². The minimum absolute atomic E-state index is 0.0909. The summed E-state index contributed by atoms with van der Waals surface area (Å²) in [5, 5.41) is 4.28. The molecule has 2 aromatic heterocycles. The van der Waals surface area contributed by atoms with Crippen molar-refractivity contribution < 1.29 is 4.39 Å². The number of benzene rings is 2. The highest BCUT2D eigenvalue weighted by molar-refractivity contribution is 7.15. The Kier molecular flexibility index (Phi) is 4.88. The molecule has 146 valence electrons. The summed E-state index contributed by atoms with van der Waals surface area (Å²) in [4.78, 5) is 17.6. The van der Waals surface area contributed by atoms with Crippen LogP contribution in [0.5, 0.6) is 0 Å². The Morgan fingerprint density at radius 3 is 2.24 bits per heavy atom. The first-order valence-electron chi connectivity index (χ1n) is 9.25. The first-order chi connectivity index (χ1) is 13.8. The number of hydrogen-bond donors (Lipinski definition) is 0. The Morgan fingerprint density at radius 1 is 0.966 bits per heavy atom. The van der Waals surface area contributed by atoms with E-state index < -0.39 is 0 Å². The maximum Gasteiger partial charge on any atom is 0.291 e. The first-order valence-corrected chi connectivity index (χ1v) is 10.1. The molecule has 0 aliphatic heterocycles. The number of nitrogens with zero attached hydrogens (tertiary/aromatic N) is 3. The topological polar surface area (TPSA) is 47.3 Å². The molecule has 2 aromatic carbocycles. The van der Waals surface area contributed by atoms with Gasteiger partial charge in [0.05, 0.1) is 4.53 Å². The van der Waals surface area contributed by atoms with E-state index in [-0.39, 0.29) is 16.8 Å². The highest BCUT2D eigenvalue weighted by atomic mass is 32.1. The highest BCUT2D eigenvalue weighted by Crippen LogP contribution is 2.22. The van der Waals surface area contributed by atoms with Crippen LogP contribution in [0.4, 0.5) is 4.39 Å². The van der Waals surface area contributed by atoms with E-state index >= 15 is 0 Å². The second-order valence-corrected chi connectivity index (χ2v) is 8.85. The lowest BCUT2D eigenvalue weighted by molar-refractivity contribution is 0.590. The third-order valence-corrected chi connectivity index (χ3v) is 5.53. The van der Waals surface area contributed by atoms with Crippen LogP contribution in [-0.4, -0.2) is 14.6 Å². The fourth-order valence-electron chi connectivity index (χ4n) is 2.89. The van der Waals surface area contributed by atoms with Crippen molar-refractivity contribution in [2.24, 2.45) is 0 Å². The van der Waals surface area contributed by atoms with E-state index in [1.165, 1.54) is 33.5 Å². The van der Waals surface area contributed by atoms with Crippen LogP contribution in [0.25, 0.3) is 23.2 Å². The van der Waals surface area contributed by atoms with Gasteiger partial charge in [-0.25, -0.2) is 4.39 Å². The summed E-state index contributed by atoms with van der Waals surface area (Å²) in [6, 6.07) is 14.3. The van der Waals surface area contributed by atoms with Gasteiger partial charge in [-0.1, -0.05) is 74.6 Å². The summed E-state index contributed by atoms with van der Waals surface area (Å²) in [6.45, 7) is 6.51. The SMILES string of the molecule is CC(C)(C)c1ccc(C=c2sc3nc(C=Cc4ccc(F)cc4)nn3c2=O)cc1. The average molecular weight is 405 g/mol. The molecule has 29 heavy (non-hydrogen) atoms. The van der Waals surface area contributed by atoms with Gasteiger partial charge in [0, 0.05) is 0 Å². The molecule has 0 aliphatic rings. The molecule has 0 fully saturated rings. The van der Waals surface area contributed by atoms with Gasteiger partial charge < -0.3 is 0 Å². The minimum Gasteiger partial charge on any atom is -0.266 e. The Hall–Kier alpha value is -3.12. The lowest BCUT2D eigenvalue weighted by atomic mass is 9.87. The normalized spacial score (nSPS) is 13.0. The molecule has 2 heterocycles. The standard InChI is InChI=1S/C23H20FN3OS/c1-23(2,3)17-9-4-16(5-10-17)14-19-21(28)27-22(29-19)25-20(26-27)13-8-15-6-11-18(24)12-7-15/h4-14H,1-3H3. The van der Waals surface area contributed by atoms with Crippen molar-refractivity contribution in [2.75, 3.05) is 0 Å². The van der Waals surface area contributed by atoms with Gasteiger partial charge in [0.1, 0.15) is 5.82 Å². The van der Waals surface area contributed by atoms with Crippen LogP contribution in [0.3, 0.4) is 0 Å². The van der Waals surface area contributed by atoms with Gasteiger partial charge in [0.15, 0.2) is 5.82 Å². The largest absolute Gasteiger partial charge is 0.291 e. The van der Waals surface area contributed by atoms with Gasteiger partial charge in [-0.2, -0.15) is 9.50 Å². The second-order valence-electron chi connectivity index (χ2n) is 7.84. The van der Waals surface area contributed by atoms with Gasteiger partial charge in [0.2, 0.25) is 4.96 Å². The quantitative estimate of drug-likeness (QED) is 0.510. The van der Waals surface area contributed by atoms with E-state index in [4.69, 9.17) is 0 Å². The Balaban J connectivity index is 1.62. The number of halogens is 1. The fourth-order valence-corrected chi connectivity index (χ4v) is 3.81. The molecule has 0 saturated carbocycles. The van der Waals surface area contributed by atoms with E-state index in [2.05, 4.69) is 43.0 Å². The summed E-state index contributed by atoms with van der Waals surface area (Å²) in [7, 11) is 0. The molecule has 0 radical (unpaired) electrons. The summed E-state index contributed by atoms with van der Waals surface area (Å²) >= 11 is 1.31. The lowest BCUT2D eigenvalue weighted by Gasteiger charge is -2.18. The van der Waals surface area contributed by atoms with E-state index in [0.29, 0.717) is 15.3 Å². The van der Waals surface area contributed by atoms with Gasteiger partial charge in [-0.05, 0) is 46.4 Å². The van der Waals surface area contributed by atoms with Crippen molar-refractivity contribution in [3.05, 3.63) is 91.7 Å². The van der Waals surface area contributed by atoms with Gasteiger partial charge in [0.25, 0.3) is 5.56 Å². The molecule has 0 atom stereocenters. The molecular weight excluding hydrogens is 385 g/mol. The molecule has 0 amide bonds. The smallest absolute Gasteiger partial charge is 0.266 e. The molecule has 4 aromatic rings. The zero-order valence-corrected chi connectivity index (χ0v) is 17.2. The van der Waals surface area contributed by atoms with Crippen molar-refractivity contribution in [1.82, 2.24) is 14.6 Å². The molecule has 0 aliphatic carbocycles. The maximum atomic E-state index is 13.0. The van der Waals surface area contributed by atoms with Crippen LogP contribution in [0.2, 0.25) is 0 Å². The number of aromatic nitrogens is 3. The van der Waals surface area contributed by atoms with Crippen LogP contribution in [0.15, 0.2) is 53.3 Å². The zero-order chi connectivity index (χ0) is 20.6. The van der Waals surface area contributed by atoms with Crippen LogP contribution in [0, 0.1) is 5.82 Å². The molecule has 0 bridgehead atoms. The molecule has 0 N–H and O–H groups in total. The molecular formula is C23H20FN3OS. The van der Waals surface area contributed by atoms with E-state index in [0.717, 1.165) is 11.1 Å². The molecule has 6 heteroatoms. The van der Waals surface area contributed by atoms with Crippen molar-refractivity contribution in [3.8, 4) is 0 Å². The van der Waals surface area contributed by atoms with Crippen molar-refractivity contribution >= 4 is 34.5 Å². The van der Waals surface area contributed by atoms with E-state index in [1.54, 1.807) is 24.3 Å². The Morgan fingerprint density at radius 2 is 1.62 bits per heavy atom. The molecule has 0 spiro atoms. The van der Waals surface area contributed by atoms with E-state index in [1.807, 2.05) is 18.2 Å². The number of rotatable bonds is 3. The maximum absolute atomic E-state index is 13.0. The second kappa shape index (κ2) is 7.37. The van der Waals surface area contributed by atoms with Gasteiger partial charge in [-0.3, -0.25) is 4.79 Å². The number of thiazole rings is 1. The summed E-state index contributed by atoms with van der Waals surface area (Å²) < 4.78 is 14.9. The zero-order valence-electron chi connectivity index (χ0n) is 16.4. The predicted octanol–water partition coefficient (Wildman–Crippen LogP) is 4.31.